The van der Waals surface area contributed by atoms with Crippen LogP contribution in [0, 0.1) is 4.91 Å². The zero-order valence-electron chi connectivity index (χ0n) is 4.92. The van der Waals surface area contributed by atoms with Gasteiger partial charge in [-0.05, 0) is 12.5 Å². The molecule has 0 aliphatic carbocycles. The van der Waals surface area contributed by atoms with Crippen LogP contribution in [0.5, 0.6) is 0 Å². The van der Waals surface area contributed by atoms with Gasteiger partial charge in [-0.25, -0.2) is 0 Å². The number of nitroso groups, excluding NO2 is 1. The second-order valence-electron chi connectivity index (χ2n) is 1.35. The van der Waals surface area contributed by atoms with Crippen molar-refractivity contribution in [2.45, 2.75) is 6.92 Å². The van der Waals surface area contributed by atoms with Gasteiger partial charge < -0.3 is 0 Å². The molecule has 0 saturated carbocycles. The average Bonchev–Trinajstić information content (AvgIpc) is 1.83. The molecular weight excluding hydrogens is 102 g/mol. The summed E-state index contributed by atoms with van der Waals surface area (Å²) in [6.45, 7) is 5.57. The quantitative estimate of drug-likeness (QED) is 0.404. The Morgan fingerprint density at radius 3 is 2.62 bits per heavy atom. The summed E-state index contributed by atoms with van der Waals surface area (Å²) in [6.07, 6.45) is 3.44. The lowest BCUT2D eigenvalue weighted by atomic mass is 10.2. The van der Waals surface area contributed by atoms with Gasteiger partial charge in [0.25, 0.3) is 0 Å². The molecule has 2 heteroatoms. The fourth-order valence-electron chi connectivity index (χ4n) is 0.348. The van der Waals surface area contributed by atoms with Crippen molar-refractivity contribution in [2.24, 2.45) is 5.18 Å². The molecule has 0 aromatic heterocycles. The lowest BCUT2D eigenvalue weighted by molar-refractivity contribution is 1.16. The van der Waals surface area contributed by atoms with E-state index in [9.17, 15) is 4.91 Å². The van der Waals surface area contributed by atoms with Gasteiger partial charge in [-0.1, -0.05) is 23.9 Å². The van der Waals surface area contributed by atoms with E-state index in [4.69, 9.17) is 0 Å². The lowest BCUT2D eigenvalue weighted by Crippen LogP contribution is -1.79. The largest absolute Gasteiger partial charge is 0.150 e. The zero-order valence-corrected chi connectivity index (χ0v) is 4.92. The topological polar surface area (TPSA) is 29.4 Å². The maximum atomic E-state index is 9.59. The first-order valence-electron chi connectivity index (χ1n) is 2.42. The molecule has 0 rings (SSSR count). The summed E-state index contributed by atoms with van der Waals surface area (Å²) < 4.78 is 0. The van der Waals surface area contributed by atoms with E-state index in [1.54, 1.807) is 6.08 Å². The van der Waals surface area contributed by atoms with Crippen molar-refractivity contribution in [2.75, 3.05) is 6.54 Å². The molecule has 0 aromatic carbocycles. The van der Waals surface area contributed by atoms with Crippen molar-refractivity contribution in [3.05, 3.63) is 29.2 Å². The van der Waals surface area contributed by atoms with Crippen molar-refractivity contribution in [3.8, 4) is 0 Å². The minimum atomic E-state index is 0.236. The van der Waals surface area contributed by atoms with Crippen LogP contribution in [0.25, 0.3) is 0 Å². The van der Waals surface area contributed by atoms with Crippen LogP contribution in [0.3, 0.4) is 0 Å². The maximum absolute atomic E-state index is 9.59. The van der Waals surface area contributed by atoms with Crippen molar-refractivity contribution in [3.63, 3.8) is 0 Å². The highest BCUT2D eigenvalue weighted by Gasteiger charge is 1.84. The molecule has 0 unspecified atom stereocenters. The van der Waals surface area contributed by atoms with Crippen LogP contribution in [0.1, 0.15) is 6.92 Å². The van der Waals surface area contributed by atoms with Crippen LogP contribution in [0.4, 0.5) is 0 Å². The van der Waals surface area contributed by atoms with Gasteiger partial charge in [0.1, 0.15) is 6.54 Å². The van der Waals surface area contributed by atoms with E-state index < -0.39 is 0 Å². The third-order valence-corrected chi connectivity index (χ3v) is 0.880. The van der Waals surface area contributed by atoms with Crippen LogP contribution >= 0.6 is 0 Å². The Balaban J connectivity index is 3.71. The van der Waals surface area contributed by atoms with E-state index in [-0.39, 0.29) is 6.54 Å². The summed E-state index contributed by atoms with van der Waals surface area (Å²) in [5.74, 6) is 0. The summed E-state index contributed by atoms with van der Waals surface area (Å²) in [4.78, 5) is 9.59. The molecule has 44 valence electrons. The third-order valence-electron chi connectivity index (χ3n) is 0.880. The number of hydrogen-bond donors (Lipinski definition) is 0. The normalized spacial score (nSPS) is 10.9. The molecule has 0 aliphatic rings. The molecule has 0 spiro atoms. The summed E-state index contributed by atoms with van der Waals surface area (Å²) in [5, 5.41) is 2.69. The van der Waals surface area contributed by atoms with Gasteiger partial charge in [0, 0.05) is 0 Å². The lowest BCUT2D eigenvalue weighted by Gasteiger charge is -1.86. The molecule has 0 fully saturated rings. The zero-order chi connectivity index (χ0) is 6.41. The van der Waals surface area contributed by atoms with Crippen molar-refractivity contribution in [1.82, 2.24) is 0 Å². The van der Waals surface area contributed by atoms with E-state index >= 15 is 0 Å². The first-order valence-corrected chi connectivity index (χ1v) is 2.42. The first kappa shape index (κ1) is 7.08. The van der Waals surface area contributed by atoms with E-state index in [2.05, 4.69) is 11.8 Å². The third kappa shape index (κ3) is 2.29. The van der Waals surface area contributed by atoms with Crippen LogP contribution in [0.2, 0.25) is 0 Å². The Labute approximate surface area is 48.9 Å². The van der Waals surface area contributed by atoms with Crippen LogP contribution in [0.15, 0.2) is 29.5 Å². The summed E-state index contributed by atoms with van der Waals surface area (Å²) >= 11 is 0. The van der Waals surface area contributed by atoms with Crippen LogP contribution < -0.4 is 0 Å². The fourth-order valence-corrected chi connectivity index (χ4v) is 0.348. The number of hydrogen-bond acceptors (Lipinski definition) is 2. The van der Waals surface area contributed by atoms with Gasteiger partial charge in [-0.15, -0.1) is 0 Å². The second-order valence-corrected chi connectivity index (χ2v) is 1.35. The molecule has 0 aromatic rings. The van der Waals surface area contributed by atoms with Crippen molar-refractivity contribution < 1.29 is 0 Å². The molecule has 0 aliphatic heterocycles. The second kappa shape index (κ2) is 4.24. The summed E-state index contributed by atoms with van der Waals surface area (Å²) in [5.41, 5.74) is 0.875. The molecule has 0 amide bonds. The molecule has 2 nitrogen and oxygen atoms in total. The molecule has 0 bridgehead atoms. The number of rotatable bonds is 3. The monoisotopic (exact) mass is 111 g/mol. The molecular formula is C6H9NO. The molecule has 8 heavy (non-hydrogen) atoms. The number of nitrogens with zero attached hydrogens (tertiary/aromatic N) is 1. The predicted molar refractivity (Wildman–Crippen MR) is 34.6 cm³/mol. The van der Waals surface area contributed by atoms with E-state index in [1.807, 2.05) is 13.0 Å². The fraction of sp³-hybridized carbons (Fsp3) is 0.333. The number of allylic oxidation sites excluding steroid dienone is 1. The first-order chi connectivity index (χ1) is 3.85. The van der Waals surface area contributed by atoms with E-state index in [1.165, 1.54) is 0 Å². The van der Waals surface area contributed by atoms with Gasteiger partial charge in [0.05, 0.1) is 0 Å². The predicted octanol–water partition coefficient (Wildman–Crippen LogP) is 1.89. The molecule has 0 atom stereocenters. The van der Waals surface area contributed by atoms with Gasteiger partial charge in [0.15, 0.2) is 0 Å². The molecule has 0 N–H and O–H groups in total. The van der Waals surface area contributed by atoms with Crippen molar-refractivity contribution in [1.29, 1.82) is 0 Å². The summed E-state index contributed by atoms with van der Waals surface area (Å²) in [7, 11) is 0. The molecule has 0 saturated heterocycles. The Morgan fingerprint density at radius 1 is 1.88 bits per heavy atom. The van der Waals surface area contributed by atoms with E-state index in [0.29, 0.717) is 0 Å². The SMILES string of the molecule is C=C/C(=C\C)CN=O. The molecule has 0 heterocycles. The highest BCUT2D eigenvalue weighted by atomic mass is 16.3. The Bertz CT molecular complexity index is 116. The van der Waals surface area contributed by atoms with Crippen molar-refractivity contribution >= 4 is 0 Å². The van der Waals surface area contributed by atoms with Crippen LogP contribution in [-0.4, -0.2) is 6.54 Å². The highest BCUT2D eigenvalue weighted by molar-refractivity contribution is 5.16. The van der Waals surface area contributed by atoms with E-state index in [0.717, 1.165) is 5.57 Å². The van der Waals surface area contributed by atoms with Crippen LogP contribution in [-0.2, 0) is 0 Å². The standard InChI is InChI=1S/C6H9NO/c1-3-6(4-2)5-7-8/h3-4H,1,5H2,2H3/b6-4+. The minimum absolute atomic E-state index is 0.236. The summed E-state index contributed by atoms with van der Waals surface area (Å²) in [6, 6.07) is 0. The van der Waals surface area contributed by atoms with Gasteiger partial charge >= 0.3 is 0 Å². The van der Waals surface area contributed by atoms with Gasteiger partial charge in [0.2, 0.25) is 0 Å². The molecule has 0 radical (unpaired) electrons. The Hall–Kier alpha value is -0.920. The Morgan fingerprint density at radius 2 is 2.50 bits per heavy atom. The maximum Gasteiger partial charge on any atom is 0.106 e. The smallest absolute Gasteiger partial charge is 0.106 e. The Kier molecular flexibility index (Phi) is 3.76. The average molecular weight is 111 g/mol. The van der Waals surface area contributed by atoms with Gasteiger partial charge in [-0.3, -0.25) is 0 Å². The van der Waals surface area contributed by atoms with Gasteiger partial charge in [-0.2, -0.15) is 4.91 Å². The minimum Gasteiger partial charge on any atom is -0.150 e. The highest BCUT2D eigenvalue weighted by Crippen LogP contribution is 1.93.